The van der Waals surface area contributed by atoms with Crippen LogP contribution in [0, 0.1) is 0 Å². The summed E-state index contributed by atoms with van der Waals surface area (Å²) in [6.45, 7) is 2.46. The number of carbonyl (C=O) groups excluding carboxylic acids is 1. The van der Waals surface area contributed by atoms with Crippen molar-refractivity contribution in [3.63, 3.8) is 0 Å². The van der Waals surface area contributed by atoms with Crippen LogP contribution in [0.1, 0.15) is 25.3 Å². The molecule has 0 aliphatic heterocycles. The van der Waals surface area contributed by atoms with Crippen LogP contribution in [0.2, 0.25) is 0 Å². The molecule has 0 atom stereocenters. The van der Waals surface area contributed by atoms with E-state index in [9.17, 15) is 14.7 Å². The highest BCUT2D eigenvalue weighted by molar-refractivity contribution is 6.01. The van der Waals surface area contributed by atoms with Crippen LogP contribution in [0.15, 0.2) is 24.3 Å². The summed E-state index contributed by atoms with van der Waals surface area (Å²) >= 11 is 0. The van der Waals surface area contributed by atoms with Gasteiger partial charge in [0.05, 0.1) is 6.61 Å². The van der Waals surface area contributed by atoms with Crippen LogP contribution >= 0.6 is 0 Å². The SMILES string of the molecule is CCOc1ccc(C2(C(=O)O)CC(=O)C2)cc1. The minimum absolute atomic E-state index is 0.00119. The predicted octanol–water partition coefficient (Wildman–Crippen LogP) is 1.77. The second kappa shape index (κ2) is 4.20. The van der Waals surface area contributed by atoms with Crippen molar-refractivity contribution in [3.05, 3.63) is 29.8 Å². The van der Waals surface area contributed by atoms with E-state index in [0.717, 1.165) is 0 Å². The molecule has 0 radical (unpaired) electrons. The molecule has 1 fully saturated rings. The fraction of sp³-hybridized carbons (Fsp3) is 0.385. The first-order valence-corrected chi connectivity index (χ1v) is 5.57. The van der Waals surface area contributed by atoms with E-state index in [2.05, 4.69) is 0 Å². The summed E-state index contributed by atoms with van der Waals surface area (Å²) in [7, 11) is 0. The van der Waals surface area contributed by atoms with E-state index >= 15 is 0 Å². The highest BCUT2D eigenvalue weighted by Crippen LogP contribution is 2.41. The molecule has 0 aromatic heterocycles. The molecule has 0 spiro atoms. The van der Waals surface area contributed by atoms with Gasteiger partial charge >= 0.3 is 5.97 Å². The predicted molar refractivity (Wildman–Crippen MR) is 61.2 cm³/mol. The van der Waals surface area contributed by atoms with Gasteiger partial charge in [-0.15, -0.1) is 0 Å². The molecule has 1 aromatic rings. The smallest absolute Gasteiger partial charge is 0.315 e. The quantitative estimate of drug-likeness (QED) is 0.862. The molecule has 4 heteroatoms. The summed E-state index contributed by atoms with van der Waals surface area (Å²) < 4.78 is 5.29. The maximum atomic E-state index is 11.3. The third-order valence-electron chi connectivity index (χ3n) is 3.13. The van der Waals surface area contributed by atoms with Crippen molar-refractivity contribution in [2.45, 2.75) is 25.2 Å². The van der Waals surface area contributed by atoms with Gasteiger partial charge in [0.15, 0.2) is 0 Å². The molecule has 0 amide bonds. The number of ketones is 1. The summed E-state index contributed by atoms with van der Waals surface area (Å²) in [5.74, 6) is -0.218. The third-order valence-corrected chi connectivity index (χ3v) is 3.13. The lowest BCUT2D eigenvalue weighted by molar-refractivity contribution is -0.153. The number of Topliss-reactive ketones (excluding diaryl/α,β-unsaturated/α-hetero) is 1. The summed E-state index contributed by atoms with van der Waals surface area (Å²) in [4.78, 5) is 22.4. The number of rotatable bonds is 4. The number of carboxylic acid groups (broad SMARTS) is 1. The molecule has 1 N–H and O–H groups in total. The zero-order chi connectivity index (χ0) is 12.5. The van der Waals surface area contributed by atoms with Crippen LogP contribution in [0.3, 0.4) is 0 Å². The zero-order valence-corrected chi connectivity index (χ0v) is 9.60. The van der Waals surface area contributed by atoms with E-state index in [1.807, 2.05) is 6.92 Å². The molecule has 4 nitrogen and oxygen atoms in total. The second-order valence-electron chi connectivity index (χ2n) is 4.24. The van der Waals surface area contributed by atoms with Gasteiger partial charge in [-0.25, -0.2) is 0 Å². The van der Waals surface area contributed by atoms with Crippen molar-refractivity contribution in [2.24, 2.45) is 0 Å². The fourth-order valence-electron chi connectivity index (χ4n) is 2.14. The minimum atomic E-state index is -1.01. The van der Waals surface area contributed by atoms with E-state index in [-0.39, 0.29) is 18.6 Å². The van der Waals surface area contributed by atoms with Crippen molar-refractivity contribution in [1.82, 2.24) is 0 Å². The van der Waals surface area contributed by atoms with Gasteiger partial charge in [0.2, 0.25) is 0 Å². The standard InChI is InChI=1S/C13H14O4/c1-2-17-11-5-3-9(4-6-11)13(12(15)16)7-10(14)8-13/h3-6H,2,7-8H2,1H3,(H,15,16). The van der Waals surface area contributed by atoms with E-state index in [1.54, 1.807) is 24.3 Å². The molecular formula is C13H14O4. The Labute approximate surface area is 99.2 Å². The molecule has 0 heterocycles. The first kappa shape index (κ1) is 11.6. The van der Waals surface area contributed by atoms with Crippen molar-refractivity contribution in [2.75, 3.05) is 6.61 Å². The van der Waals surface area contributed by atoms with Crippen molar-refractivity contribution >= 4 is 11.8 Å². The van der Waals surface area contributed by atoms with Gasteiger partial charge in [0, 0.05) is 12.8 Å². The summed E-state index contributed by atoms with van der Waals surface area (Å²) in [5, 5.41) is 9.24. The average molecular weight is 234 g/mol. The Morgan fingerprint density at radius 3 is 2.35 bits per heavy atom. The first-order chi connectivity index (χ1) is 8.08. The summed E-state index contributed by atoms with van der Waals surface area (Å²) in [6.07, 6.45) is 0.187. The summed E-state index contributed by atoms with van der Waals surface area (Å²) in [6, 6.07) is 6.94. The molecule has 90 valence electrons. The van der Waals surface area contributed by atoms with E-state index in [0.29, 0.717) is 17.9 Å². The van der Waals surface area contributed by atoms with Gasteiger partial charge in [0.25, 0.3) is 0 Å². The molecule has 2 rings (SSSR count). The zero-order valence-electron chi connectivity index (χ0n) is 9.60. The van der Waals surface area contributed by atoms with Gasteiger partial charge in [0.1, 0.15) is 16.9 Å². The molecule has 0 saturated heterocycles. The number of carbonyl (C=O) groups is 2. The Hall–Kier alpha value is -1.84. The monoisotopic (exact) mass is 234 g/mol. The van der Waals surface area contributed by atoms with Crippen LogP contribution in [-0.4, -0.2) is 23.5 Å². The molecule has 1 aliphatic carbocycles. The average Bonchev–Trinajstić information content (AvgIpc) is 2.26. The van der Waals surface area contributed by atoms with Crippen LogP contribution in [-0.2, 0) is 15.0 Å². The van der Waals surface area contributed by atoms with Gasteiger partial charge in [-0.05, 0) is 24.6 Å². The highest BCUT2D eigenvalue weighted by Gasteiger charge is 2.51. The van der Waals surface area contributed by atoms with Gasteiger partial charge in [-0.2, -0.15) is 0 Å². The van der Waals surface area contributed by atoms with Crippen LogP contribution in [0.4, 0.5) is 0 Å². The number of carboxylic acids is 1. The number of ether oxygens (including phenoxy) is 1. The maximum absolute atomic E-state index is 11.3. The number of aliphatic carboxylic acids is 1. The lowest BCUT2D eigenvalue weighted by atomic mass is 9.63. The Kier molecular flexibility index (Phi) is 2.88. The molecule has 17 heavy (non-hydrogen) atoms. The van der Waals surface area contributed by atoms with Crippen LogP contribution in [0.5, 0.6) is 5.75 Å². The Morgan fingerprint density at radius 1 is 1.35 bits per heavy atom. The summed E-state index contributed by atoms with van der Waals surface area (Å²) in [5.41, 5.74) is -0.338. The van der Waals surface area contributed by atoms with Crippen molar-refractivity contribution in [1.29, 1.82) is 0 Å². The first-order valence-electron chi connectivity index (χ1n) is 5.57. The number of hydrogen-bond donors (Lipinski definition) is 1. The maximum Gasteiger partial charge on any atom is 0.315 e. The lowest BCUT2D eigenvalue weighted by Gasteiger charge is -2.36. The number of hydrogen-bond acceptors (Lipinski definition) is 3. The van der Waals surface area contributed by atoms with E-state index in [4.69, 9.17) is 4.74 Å². The highest BCUT2D eigenvalue weighted by atomic mass is 16.5. The molecule has 1 aliphatic rings. The Balaban J connectivity index is 2.26. The molecule has 1 saturated carbocycles. The minimum Gasteiger partial charge on any atom is -0.494 e. The topological polar surface area (TPSA) is 63.6 Å². The largest absolute Gasteiger partial charge is 0.494 e. The van der Waals surface area contributed by atoms with Crippen molar-refractivity contribution in [3.8, 4) is 5.75 Å². The second-order valence-corrected chi connectivity index (χ2v) is 4.24. The molecule has 0 unspecified atom stereocenters. The van der Waals surface area contributed by atoms with Crippen LogP contribution < -0.4 is 4.74 Å². The normalized spacial score (nSPS) is 17.4. The molecular weight excluding hydrogens is 220 g/mol. The molecule has 0 bridgehead atoms. The van der Waals surface area contributed by atoms with E-state index in [1.165, 1.54) is 0 Å². The van der Waals surface area contributed by atoms with Gasteiger partial charge < -0.3 is 9.84 Å². The lowest BCUT2D eigenvalue weighted by Crippen LogP contribution is -2.48. The van der Waals surface area contributed by atoms with Gasteiger partial charge in [-0.1, -0.05) is 12.1 Å². The van der Waals surface area contributed by atoms with Gasteiger partial charge in [-0.3, -0.25) is 9.59 Å². The van der Waals surface area contributed by atoms with E-state index < -0.39 is 11.4 Å². The third kappa shape index (κ3) is 1.90. The molecule has 1 aromatic carbocycles. The fourth-order valence-corrected chi connectivity index (χ4v) is 2.14. The van der Waals surface area contributed by atoms with Crippen molar-refractivity contribution < 1.29 is 19.4 Å². The Morgan fingerprint density at radius 2 is 1.94 bits per heavy atom. The number of benzene rings is 1. The van der Waals surface area contributed by atoms with Crippen LogP contribution in [0.25, 0.3) is 0 Å². The Bertz CT molecular complexity index is 439.